The predicted molar refractivity (Wildman–Crippen MR) is 89.9 cm³/mol. The van der Waals surface area contributed by atoms with Crippen LogP contribution in [0.5, 0.6) is 0 Å². The molecule has 3 rings (SSSR count). The molecule has 1 aliphatic rings. The number of nitrogens with two attached hydrogens (primary N) is 1. The van der Waals surface area contributed by atoms with Crippen molar-refractivity contribution < 1.29 is 4.79 Å². The third-order valence-corrected chi connectivity index (χ3v) is 5.66. The van der Waals surface area contributed by atoms with Crippen LogP contribution >= 0.6 is 11.3 Å². The maximum Gasteiger partial charge on any atom is 0.263 e. The Balaban J connectivity index is 1.83. The van der Waals surface area contributed by atoms with Crippen molar-refractivity contribution in [3.63, 3.8) is 0 Å². The largest absolute Gasteiger partial charge is 0.397 e. The lowest BCUT2D eigenvalue weighted by molar-refractivity contribution is 0.0937. The first kappa shape index (κ1) is 14.4. The third kappa shape index (κ3) is 2.91. The highest BCUT2D eigenvalue weighted by atomic mass is 32.1. The van der Waals surface area contributed by atoms with E-state index in [1.807, 2.05) is 12.1 Å². The summed E-state index contributed by atoms with van der Waals surface area (Å²) >= 11 is 1.51. The Bertz CT molecular complexity index is 673. The minimum atomic E-state index is -0.0133. The van der Waals surface area contributed by atoms with Gasteiger partial charge in [0, 0.05) is 16.1 Å². The molecular weight excluding hydrogens is 280 g/mol. The Morgan fingerprint density at radius 3 is 2.86 bits per heavy atom. The van der Waals surface area contributed by atoms with Crippen LogP contribution in [0.3, 0.4) is 0 Å². The smallest absolute Gasteiger partial charge is 0.263 e. The number of nitrogens with one attached hydrogen (secondary N) is 1. The van der Waals surface area contributed by atoms with Crippen LogP contribution < -0.4 is 11.1 Å². The zero-order chi connectivity index (χ0) is 15.0. The molecule has 0 aliphatic heterocycles. The van der Waals surface area contributed by atoms with Crippen molar-refractivity contribution in [2.75, 3.05) is 5.73 Å². The van der Waals surface area contributed by atoms with E-state index in [0.29, 0.717) is 10.6 Å². The minimum Gasteiger partial charge on any atom is -0.397 e. The standard InChI is InChI=1S/C17H22N2OS/c1-3-12(9-11-7-8-11)19-17(20)16-14(18)13-6-4-5-10(2)15(13)21-16/h4-6,11-12H,3,7-9,18H2,1-2H3,(H,19,20). The van der Waals surface area contributed by atoms with Crippen molar-refractivity contribution in [3.05, 3.63) is 28.6 Å². The van der Waals surface area contributed by atoms with Gasteiger partial charge in [-0.3, -0.25) is 4.79 Å². The first-order valence-electron chi connectivity index (χ1n) is 7.68. The first-order chi connectivity index (χ1) is 10.1. The normalized spacial score (nSPS) is 16.1. The van der Waals surface area contributed by atoms with E-state index in [9.17, 15) is 4.79 Å². The van der Waals surface area contributed by atoms with Crippen LogP contribution in [0.2, 0.25) is 0 Å². The van der Waals surface area contributed by atoms with Crippen molar-refractivity contribution in [1.82, 2.24) is 5.32 Å². The van der Waals surface area contributed by atoms with Crippen LogP contribution in [0.15, 0.2) is 18.2 Å². The lowest BCUT2D eigenvalue weighted by Gasteiger charge is -2.16. The molecule has 3 N–H and O–H groups in total. The number of hydrogen-bond acceptors (Lipinski definition) is 3. The molecule has 3 nitrogen and oxygen atoms in total. The Kier molecular flexibility index (Phi) is 3.89. The summed E-state index contributed by atoms with van der Waals surface area (Å²) in [5, 5.41) is 4.17. The molecular formula is C17H22N2OS. The van der Waals surface area contributed by atoms with Gasteiger partial charge in [0.1, 0.15) is 4.88 Å². The number of thiophene rings is 1. The number of fused-ring (bicyclic) bond motifs is 1. The molecule has 1 aromatic carbocycles. The molecule has 0 saturated heterocycles. The van der Waals surface area contributed by atoms with Crippen LogP contribution in [0, 0.1) is 12.8 Å². The van der Waals surface area contributed by atoms with Gasteiger partial charge < -0.3 is 11.1 Å². The van der Waals surface area contributed by atoms with Gasteiger partial charge in [-0.05, 0) is 31.2 Å². The van der Waals surface area contributed by atoms with E-state index >= 15 is 0 Å². The lowest BCUT2D eigenvalue weighted by atomic mass is 10.1. The van der Waals surface area contributed by atoms with Crippen molar-refractivity contribution in [1.29, 1.82) is 0 Å². The second-order valence-corrected chi connectivity index (χ2v) is 7.07. The molecule has 1 unspecified atom stereocenters. The van der Waals surface area contributed by atoms with Crippen LogP contribution in [-0.4, -0.2) is 11.9 Å². The number of benzene rings is 1. The first-order valence-corrected chi connectivity index (χ1v) is 8.50. The van der Waals surface area contributed by atoms with Gasteiger partial charge in [-0.25, -0.2) is 0 Å². The molecule has 1 amide bonds. The van der Waals surface area contributed by atoms with Gasteiger partial charge in [0.05, 0.1) is 5.69 Å². The molecule has 1 atom stereocenters. The van der Waals surface area contributed by atoms with E-state index < -0.39 is 0 Å². The van der Waals surface area contributed by atoms with Gasteiger partial charge in [0.15, 0.2) is 0 Å². The zero-order valence-corrected chi connectivity index (χ0v) is 13.4. The molecule has 0 bridgehead atoms. The fourth-order valence-electron chi connectivity index (χ4n) is 2.78. The molecule has 2 aromatic rings. The van der Waals surface area contributed by atoms with Crippen LogP contribution in [0.1, 0.15) is 47.8 Å². The van der Waals surface area contributed by atoms with E-state index in [0.717, 1.165) is 28.8 Å². The molecule has 0 radical (unpaired) electrons. The predicted octanol–water partition coefficient (Wildman–Crippen LogP) is 4.10. The van der Waals surface area contributed by atoms with Gasteiger partial charge in [0.2, 0.25) is 0 Å². The quantitative estimate of drug-likeness (QED) is 0.873. The highest BCUT2D eigenvalue weighted by Crippen LogP contribution is 2.36. The SMILES string of the molecule is CCC(CC1CC1)NC(=O)c1sc2c(C)cccc2c1N. The highest BCUT2D eigenvalue weighted by molar-refractivity contribution is 7.21. The van der Waals surface area contributed by atoms with Crippen LogP contribution in [0.25, 0.3) is 10.1 Å². The van der Waals surface area contributed by atoms with E-state index in [1.165, 1.54) is 29.7 Å². The molecule has 21 heavy (non-hydrogen) atoms. The van der Waals surface area contributed by atoms with Crippen molar-refractivity contribution >= 4 is 33.0 Å². The Labute approximate surface area is 129 Å². The van der Waals surface area contributed by atoms with Crippen LogP contribution in [0.4, 0.5) is 5.69 Å². The monoisotopic (exact) mass is 302 g/mol. The van der Waals surface area contributed by atoms with Gasteiger partial charge in [-0.2, -0.15) is 0 Å². The summed E-state index contributed by atoms with van der Waals surface area (Å²) in [5.74, 6) is 0.804. The number of aryl methyl sites for hydroxylation is 1. The average Bonchev–Trinajstić information content (AvgIpc) is 3.22. The molecule has 1 fully saturated rings. The highest BCUT2D eigenvalue weighted by Gasteiger charge is 2.26. The van der Waals surface area contributed by atoms with E-state index in [2.05, 4.69) is 25.2 Å². The Morgan fingerprint density at radius 2 is 2.24 bits per heavy atom. The Morgan fingerprint density at radius 1 is 1.48 bits per heavy atom. The van der Waals surface area contributed by atoms with Crippen molar-refractivity contribution in [2.24, 2.45) is 5.92 Å². The molecule has 1 heterocycles. The van der Waals surface area contributed by atoms with Crippen molar-refractivity contribution in [2.45, 2.75) is 45.6 Å². The lowest BCUT2D eigenvalue weighted by Crippen LogP contribution is -2.34. The summed E-state index contributed by atoms with van der Waals surface area (Å²) in [7, 11) is 0. The summed E-state index contributed by atoms with van der Waals surface area (Å²) in [4.78, 5) is 13.2. The number of anilines is 1. The minimum absolute atomic E-state index is 0.0133. The maximum absolute atomic E-state index is 12.5. The number of nitrogen functional groups attached to an aromatic ring is 1. The van der Waals surface area contributed by atoms with Gasteiger partial charge in [-0.1, -0.05) is 38.0 Å². The van der Waals surface area contributed by atoms with E-state index in [-0.39, 0.29) is 11.9 Å². The molecule has 1 aromatic heterocycles. The molecule has 0 spiro atoms. The molecule has 112 valence electrons. The topological polar surface area (TPSA) is 55.1 Å². The van der Waals surface area contributed by atoms with Crippen molar-refractivity contribution in [3.8, 4) is 0 Å². The second kappa shape index (κ2) is 5.68. The number of carbonyl (C=O) groups excluding carboxylic acids is 1. The number of amides is 1. The van der Waals surface area contributed by atoms with E-state index in [1.54, 1.807) is 0 Å². The summed E-state index contributed by atoms with van der Waals surface area (Å²) in [6.07, 6.45) is 4.71. The molecule has 1 aliphatic carbocycles. The number of hydrogen-bond donors (Lipinski definition) is 2. The summed E-state index contributed by atoms with van der Waals surface area (Å²) in [6.45, 7) is 4.19. The zero-order valence-electron chi connectivity index (χ0n) is 12.6. The Hall–Kier alpha value is -1.55. The van der Waals surface area contributed by atoms with E-state index in [4.69, 9.17) is 5.73 Å². The van der Waals surface area contributed by atoms with Gasteiger partial charge in [0.25, 0.3) is 5.91 Å². The van der Waals surface area contributed by atoms with Gasteiger partial charge in [-0.15, -0.1) is 11.3 Å². The third-order valence-electron chi connectivity index (χ3n) is 4.30. The van der Waals surface area contributed by atoms with Crippen LogP contribution in [-0.2, 0) is 0 Å². The molecule has 4 heteroatoms. The summed E-state index contributed by atoms with van der Waals surface area (Å²) in [5.41, 5.74) is 7.99. The van der Waals surface area contributed by atoms with Gasteiger partial charge >= 0.3 is 0 Å². The molecule has 1 saturated carbocycles. The second-order valence-electron chi connectivity index (χ2n) is 6.05. The summed E-state index contributed by atoms with van der Waals surface area (Å²) < 4.78 is 1.12. The summed E-state index contributed by atoms with van der Waals surface area (Å²) in [6, 6.07) is 6.31. The number of carbonyl (C=O) groups is 1. The average molecular weight is 302 g/mol. The number of rotatable bonds is 5. The fourth-order valence-corrected chi connectivity index (χ4v) is 3.88. The fraction of sp³-hybridized carbons (Fsp3) is 0.471. The maximum atomic E-state index is 12.5.